The summed E-state index contributed by atoms with van der Waals surface area (Å²) in [6, 6.07) is 10.3. The first-order valence-corrected chi connectivity index (χ1v) is 7.52. The van der Waals surface area contributed by atoms with Gasteiger partial charge in [0.1, 0.15) is 11.3 Å². The molecule has 0 bridgehead atoms. The van der Waals surface area contributed by atoms with Gasteiger partial charge in [-0.1, -0.05) is 12.1 Å². The summed E-state index contributed by atoms with van der Waals surface area (Å²) in [7, 11) is 0. The van der Waals surface area contributed by atoms with Crippen LogP contribution in [0.25, 0.3) is 22.3 Å². The summed E-state index contributed by atoms with van der Waals surface area (Å²) in [6.07, 6.45) is -0.624. The van der Waals surface area contributed by atoms with Crippen LogP contribution in [0.1, 0.15) is 6.92 Å². The Kier molecular flexibility index (Phi) is 4.30. The van der Waals surface area contributed by atoms with Gasteiger partial charge in [0.25, 0.3) is 0 Å². The van der Waals surface area contributed by atoms with Crippen molar-refractivity contribution in [2.45, 2.75) is 6.92 Å². The molecule has 3 aromatic rings. The number of amides is 1. The number of anilines is 1. The average Bonchev–Trinajstić information content (AvgIpc) is 2.57. The summed E-state index contributed by atoms with van der Waals surface area (Å²) in [5.41, 5.74) is 0.606. The Morgan fingerprint density at radius 3 is 2.64 bits per heavy atom. The van der Waals surface area contributed by atoms with Gasteiger partial charge in [-0.15, -0.1) is 0 Å². The maximum absolute atomic E-state index is 12.3. The molecule has 128 valence electrons. The third-order valence-electron chi connectivity index (χ3n) is 3.53. The first kappa shape index (κ1) is 16.4. The van der Waals surface area contributed by atoms with E-state index in [2.05, 4.69) is 5.32 Å². The number of phenolic OH excluding ortho intramolecular Hbond substituents is 2. The SMILES string of the molecule is CCOC(=O)Nc1ccccc1-c1cc(=O)c2cc(O)c(O)cc2o1. The van der Waals surface area contributed by atoms with Crippen LogP contribution in [0, 0.1) is 0 Å². The van der Waals surface area contributed by atoms with Crippen LogP contribution in [0.15, 0.2) is 51.7 Å². The fourth-order valence-electron chi connectivity index (χ4n) is 2.40. The minimum Gasteiger partial charge on any atom is -0.504 e. The zero-order valence-electron chi connectivity index (χ0n) is 13.3. The van der Waals surface area contributed by atoms with E-state index in [4.69, 9.17) is 9.15 Å². The standard InChI is InChI=1S/C18H15NO6/c1-2-24-18(23)19-12-6-4-3-5-10(12)16-8-13(20)11-7-14(21)15(22)9-17(11)25-16/h3-9,21-22H,2H2,1H3,(H,19,23). The van der Waals surface area contributed by atoms with Crippen molar-refractivity contribution >= 4 is 22.7 Å². The molecule has 3 rings (SSSR count). The van der Waals surface area contributed by atoms with Gasteiger partial charge in [-0.3, -0.25) is 10.1 Å². The number of aromatic hydroxyl groups is 2. The highest BCUT2D eigenvalue weighted by atomic mass is 16.5. The molecule has 0 atom stereocenters. The molecule has 1 heterocycles. The maximum atomic E-state index is 12.3. The fraction of sp³-hybridized carbons (Fsp3) is 0.111. The van der Waals surface area contributed by atoms with Gasteiger partial charge in [-0.2, -0.15) is 0 Å². The van der Waals surface area contributed by atoms with Crippen LogP contribution in [0.2, 0.25) is 0 Å². The smallest absolute Gasteiger partial charge is 0.411 e. The molecule has 0 aliphatic carbocycles. The molecule has 25 heavy (non-hydrogen) atoms. The summed E-state index contributed by atoms with van der Waals surface area (Å²) in [5.74, 6) is -0.599. The topological polar surface area (TPSA) is 109 Å². The van der Waals surface area contributed by atoms with Gasteiger partial charge in [-0.05, 0) is 25.1 Å². The molecule has 3 N–H and O–H groups in total. The van der Waals surface area contributed by atoms with Crippen molar-refractivity contribution in [2.75, 3.05) is 11.9 Å². The van der Waals surface area contributed by atoms with Crippen molar-refractivity contribution in [3.63, 3.8) is 0 Å². The lowest BCUT2D eigenvalue weighted by Crippen LogP contribution is -2.14. The van der Waals surface area contributed by atoms with Crippen molar-refractivity contribution in [3.8, 4) is 22.8 Å². The number of ether oxygens (including phenoxy) is 1. The molecule has 0 aliphatic heterocycles. The van der Waals surface area contributed by atoms with Crippen LogP contribution in [0.4, 0.5) is 10.5 Å². The lowest BCUT2D eigenvalue weighted by Gasteiger charge is -2.11. The molecule has 7 heteroatoms. The highest BCUT2D eigenvalue weighted by Crippen LogP contribution is 2.33. The fourth-order valence-corrected chi connectivity index (χ4v) is 2.40. The number of fused-ring (bicyclic) bond motifs is 1. The molecule has 7 nitrogen and oxygen atoms in total. The van der Waals surface area contributed by atoms with Crippen LogP contribution in [-0.2, 0) is 4.74 Å². The predicted molar refractivity (Wildman–Crippen MR) is 91.9 cm³/mol. The molecule has 0 aliphatic rings. The largest absolute Gasteiger partial charge is 0.504 e. The van der Waals surface area contributed by atoms with Crippen molar-refractivity contribution in [1.82, 2.24) is 0 Å². The van der Waals surface area contributed by atoms with Crippen molar-refractivity contribution in [3.05, 3.63) is 52.7 Å². The van der Waals surface area contributed by atoms with Crippen LogP contribution >= 0.6 is 0 Å². The Balaban J connectivity index is 2.12. The first-order chi connectivity index (χ1) is 12.0. The Hall–Kier alpha value is -3.48. The Labute approximate surface area is 142 Å². The Bertz CT molecular complexity index is 1010. The molecular weight excluding hydrogens is 326 g/mol. The molecular formula is C18H15NO6. The number of benzene rings is 2. The van der Waals surface area contributed by atoms with Crippen LogP contribution in [0.3, 0.4) is 0 Å². The van der Waals surface area contributed by atoms with Crippen LogP contribution in [-0.4, -0.2) is 22.9 Å². The number of para-hydroxylation sites is 1. The van der Waals surface area contributed by atoms with Crippen LogP contribution < -0.4 is 10.7 Å². The molecule has 0 saturated heterocycles. The number of hydrogen-bond acceptors (Lipinski definition) is 6. The minimum absolute atomic E-state index is 0.115. The minimum atomic E-state index is -0.624. The molecule has 0 spiro atoms. The highest BCUT2D eigenvalue weighted by Gasteiger charge is 2.14. The molecule has 1 amide bonds. The van der Waals surface area contributed by atoms with E-state index in [1.807, 2.05) is 0 Å². The third kappa shape index (κ3) is 3.25. The van der Waals surface area contributed by atoms with E-state index in [1.54, 1.807) is 31.2 Å². The number of rotatable bonds is 3. The van der Waals surface area contributed by atoms with Gasteiger partial charge >= 0.3 is 6.09 Å². The normalized spacial score (nSPS) is 10.6. The van der Waals surface area contributed by atoms with E-state index in [0.717, 1.165) is 12.1 Å². The van der Waals surface area contributed by atoms with Gasteiger partial charge < -0.3 is 19.4 Å². The van der Waals surface area contributed by atoms with E-state index in [1.165, 1.54) is 6.07 Å². The number of nitrogens with one attached hydrogen (secondary N) is 1. The number of carbonyl (C=O) groups is 1. The number of hydrogen-bond donors (Lipinski definition) is 3. The van der Waals surface area contributed by atoms with Crippen molar-refractivity contribution < 1.29 is 24.2 Å². The molecule has 0 saturated carbocycles. The predicted octanol–water partition coefficient (Wildman–Crippen LogP) is 3.44. The number of phenols is 2. The van der Waals surface area contributed by atoms with E-state index < -0.39 is 23.0 Å². The van der Waals surface area contributed by atoms with Crippen molar-refractivity contribution in [2.24, 2.45) is 0 Å². The first-order valence-electron chi connectivity index (χ1n) is 7.52. The molecule has 0 fully saturated rings. The van der Waals surface area contributed by atoms with Gasteiger partial charge in [-0.25, -0.2) is 4.79 Å². The highest BCUT2D eigenvalue weighted by molar-refractivity contribution is 5.91. The van der Waals surface area contributed by atoms with Crippen molar-refractivity contribution in [1.29, 1.82) is 0 Å². The zero-order chi connectivity index (χ0) is 18.0. The third-order valence-corrected chi connectivity index (χ3v) is 3.53. The van der Waals surface area contributed by atoms with Crippen LogP contribution in [0.5, 0.6) is 11.5 Å². The summed E-state index contributed by atoms with van der Waals surface area (Å²) in [5, 5.41) is 21.9. The summed E-state index contributed by atoms with van der Waals surface area (Å²) >= 11 is 0. The Morgan fingerprint density at radius 2 is 1.88 bits per heavy atom. The molecule has 2 aromatic carbocycles. The summed E-state index contributed by atoms with van der Waals surface area (Å²) in [4.78, 5) is 24.0. The monoisotopic (exact) mass is 341 g/mol. The molecule has 0 unspecified atom stereocenters. The molecule has 1 aromatic heterocycles. The summed E-state index contributed by atoms with van der Waals surface area (Å²) in [6.45, 7) is 1.91. The Morgan fingerprint density at radius 1 is 1.16 bits per heavy atom. The quantitative estimate of drug-likeness (QED) is 0.630. The van der Waals surface area contributed by atoms with Gasteiger partial charge in [0.05, 0.1) is 17.7 Å². The second kappa shape index (κ2) is 6.56. The maximum Gasteiger partial charge on any atom is 0.411 e. The van der Waals surface area contributed by atoms with Gasteiger partial charge in [0.15, 0.2) is 16.9 Å². The second-order valence-electron chi connectivity index (χ2n) is 5.20. The van der Waals surface area contributed by atoms with Gasteiger partial charge in [0.2, 0.25) is 0 Å². The van der Waals surface area contributed by atoms with E-state index in [0.29, 0.717) is 11.3 Å². The average molecular weight is 341 g/mol. The lowest BCUT2D eigenvalue weighted by molar-refractivity contribution is 0.168. The van der Waals surface area contributed by atoms with E-state index >= 15 is 0 Å². The van der Waals surface area contributed by atoms with E-state index in [-0.39, 0.29) is 23.3 Å². The van der Waals surface area contributed by atoms with Gasteiger partial charge in [0, 0.05) is 17.7 Å². The zero-order valence-corrected chi connectivity index (χ0v) is 13.3. The van der Waals surface area contributed by atoms with E-state index in [9.17, 15) is 19.8 Å². The molecule has 0 radical (unpaired) electrons. The summed E-state index contributed by atoms with van der Waals surface area (Å²) < 4.78 is 10.5. The lowest BCUT2D eigenvalue weighted by atomic mass is 10.1. The second-order valence-corrected chi connectivity index (χ2v) is 5.20. The number of carbonyl (C=O) groups excluding carboxylic acids is 1.